The first-order valence-corrected chi connectivity index (χ1v) is 12.5. The summed E-state index contributed by atoms with van der Waals surface area (Å²) in [5.74, 6) is -0.392. The standard InChI is InChI=1S/C24H31N3O4S/c1-3-7-23(19-8-5-4-6-9-19)24(29)26-21-14-16-27(17-15-21)32(30,31)22-12-10-20(11-13-22)25-18(2)28/h4-6,8-13,21,23H,3,7,14-17H2,1-2H3,(H,25,28)(H,26,29). The first-order valence-electron chi connectivity index (χ1n) is 11.0. The van der Waals surface area contributed by atoms with Crippen molar-refractivity contribution < 1.29 is 18.0 Å². The van der Waals surface area contributed by atoms with Gasteiger partial charge in [-0.05, 0) is 49.1 Å². The molecule has 0 aromatic heterocycles. The van der Waals surface area contributed by atoms with Gasteiger partial charge in [0.15, 0.2) is 0 Å². The van der Waals surface area contributed by atoms with Crippen LogP contribution in [0.1, 0.15) is 51.0 Å². The average molecular weight is 458 g/mol. The van der Waals surface area contributed by atoms with Crippen molar-refractivity contribution in [1.82, 2.24) is 9.62 Å². The number of nitrogens with one attached hydrogen (secondary N) is 2. The number of piperidine rings is 1. The van der Waals surface area contributed by atoms with Gasteiger partial charge in [-0.25, -0.2) is 8.42 Å². The summed E-state index contributed by atoms with van der Waals surface area (Å²) in [7, 11) is -3.62. The molecule has 1 fully saturated rings. The molecule has 0 aliphatic carbocycles. The molecule has 32 heavy (non-hydrogen) atoms. The van der Waals surface area contributed by atoms with Gasteiger partial charge in [0.25, 0.3) is 0 Å². The van der Waals surface area contributed by atoms with Gasteiger partial charge in [-0.3, -0.25) is 9.59 Å². The fourth-order valence-electron chi connectivity index (χ4n) is 4.03. The lowest BCUT2D eigenvalue weighted by atomic mass is 9.93. The number of carbonyl (C=O) groups is 2. The van der Waals surface area contributed by atoms with Crippen molar-refractivity contribution in [2.45, 2.75) is 56.4 Å². The molecule has 2 amide bonds. The third-order valence-electron chi connectivity index (χ3n) is 5.71. The highest BCUT2D eigenvalue weighted by molar-refractivity contribution is 7.89. The molecule has 2 aromatic rings. The number of rotatable bonds is 8. The Balaban J connectivity index is 1.59. The lowest BCUT2D eigenvalue weighted by Gasteiger charge is -2.32. The van der Waals surface area contributed by atoms with E-state index in [1.165, 1.54) is 23.4 Å². The van der Waals surface area contributed by atoms with Crippen molar-refractivity contribution in [3.8, 4) is 0 Å². The molecule has 1 unspecified atom stereocenters. The van der Waals surface area contributed by atoms with Gasteiger partial charge in [-0.1, -0.05) is 43.7 Å². The molecule has 0 spiro atoms. The quantitative estimate of drug-likeness (QED) is 0.634. The highest BCUT2D eigenvalue weighted by Gasteiger charge is 2.31. The van der Waals surface area contributed by atoms with E-state index in [1.54, 1.807) is 12.1 Å². The highest BCUT2D eigenvalue weighted by Crippen LogP contribution is 2.25. The van der Waals surface area contributed by atoms with Crippen LogP contribution >= 0.6 is 0 Å². The predicted molar refractivity (Wildman–Crippen MR) is 125 cm³/mol. The molecule has 7 nitrogen and oxygen atoms in total. The first kappa shape index (κ1) is 23.9. The summed E-state index contributed by atoms with van der Waals surface area (Å²) in [5.41, 5.74) is 1.56. The molecular weight excluding hydrogens is 426 g/mol. The SMILES string of the molecule is CCCC(C(=O)NC1CCN(S(=O)(=O)c2ccc(NC(C)=O)cc2)CC1)c1ccccc1. The molecule has 2 aromatic carbocycles. The Bertz CT molecular complexity index is 1010. The van der Waals surface area contributed by atoms with Gasteiger partial charge in [0.05, 0.1) is 10.8 Å². The molecule has 0 radical (unpaired) electrons. The number of hydrogen-bond donors (Lipinski definition) is 2. The minimum absolute atomic E-state index is 0.00733. The summed E-state index contributed by atoms with van der Waals surface area (Å²) in [6.07, 6.45) is 2.83. The third kappa shape index (κ3) is 5.95. The van der Waals surface area contributed by atoms with Crippen molar-refractivity contribution in [2.24, 2.45) is 0 Å². The smallest absolute Gasteiger partial charge is 0.243 e. The van der Waals surface area contributed by atoms with E-state index in [4.69, 9.17) is 0 Å². The van der Waals surface area contributed by atoms with E-state index in [0.29, 0.717) is 31.6 Å². The third-order valence-corrected chi connectivity index (χ3v) is 7.62. The molecule has 1 aliphatic rings. The van der Waals surface area contributed by atoms with Gasteiger partial charge >= 0.3 is 0 Å². The van der Waals surface area contributed by atoms with Gasteiger partial charge in [-0.15, -0.1) is 0 Å². The number of amides is 2. The fourth-order valence-corrected chi connectivity index (χ4v) is 5.50. The maximum Gasteiger partial charge on any atom is 0.243 e. The normalized spacial score (nSPS) is 16.3. The first-order chi connectivity index (χ1) is 15.3. The number of sulfonamides is 1. The van der Waals surface area contributed by atoms with Crippen LogP contribution in [0.5, 0.6) is 0 Å². The lowest BCUT2D eigenvalue weighted by Crippen LogP contribution is -2.47. The minimum atomic E-state index is -3.62. The van der Waals surface area contributed by atoms with Crippen LogP contribution in [0.15, 0.2) is 59.5 Å². The zero-order valence-corrected chi connectivity index (χ0v) is 19.4. The van der Waals surface area contributed by atoms with Gasteiger partial charge in [0, 0.05) is 31.7 Å². The topological polar surface area (TPSA) is 95.6 Å². The van der Waals surface area contributed by atoms with Crippen LogP contribution in [0, 0.1) is 0 Å². The predicted octanol–water partition coefficient (Wildman–Crippen LogP) is 3.50. The molecule has 1 aliphatic heterocycles. The summed E-state index contributed by atoms with van der Waals surface area (Å²) in [6, 6.07) is 15.9. The van der Waals surface area contributed by atoms with Crippen molar-refractivity contribution in [3.63, 3.8) is 0 Å². The Morgan fingerprint density at radius 2 is 1.66 bits per heavy atom. The van der Waals surface area contributed by atoms with Crippen molar-refractivity contribution in [2.75, 3.05) is 18.4 Å². The van der Waals surface area contributed by atoms with E-state index < -0.39 is 10.0 Å². The second-order valence-corrected chi connectivity index (χ2v) is 10.1. The second-order valence-electron chi connectivity index (χ2n) is 8.14. The summed E-state index contributed by atoms with van der Waals surface area (Å²) in [4.78, 5) is 24.3. The lowest BCUT2D eigenvalue weighted by molar-refractivity contribution is -0.123. The summed E-state index contributed by atoms with van der Waals surface area (Å²) in [5, 5.41) is 5.77. The van der Waals surface area contributed by atoms with Crippen LogP contribution in [0.2, 0.25) is 0 Å². The van der Waals surface area contributed by atoms with Crippen LogP contribution in [-0.2, 0) is 19.6 Å². The molecule has 2 N–H and O–H groups in total. The molecule has 1 heterocycles. The Kier molecular flexibility index (Phi) is 8.04. The van der Waals surface area contributed by atoms with Gasteiger partial charge in [0.2, 0.25) is 21.8 Å². The number of hydrogen-bond acceptors (Lipinski definition) is 4. The monoisotopic (exact) mass is 457 g/mol. The summed E-state index contributed by atoms with van der Waals surface area (Å²) >= 11 is 0. The Labute approximate surface area is 190 Å². The van der Waals surface area contributed by atoms with E-state index in [1.807, 2.05) is 30.3 Å². The van der Waals surface area contributed by atoms with E-state index in [9.17, 15) is 18.0 Å². The van der Waals surface area contributed by atoms with Gasteiger partial charge in [-0.2, -0.15) is 4.31 Å². The summed E-state index contributed by atoms with van der Waals surface area (Å²) < 4.78 is 27.4. The number of nitrogens with zero attached hydrogens (tertiary/aromatic N) is 1. The van der Waals surface area contributed by atoms with Crippen molar-refractivity contribution in [3.05, 3.63) is 60.2 Å². The molecule has 0 bridgehead atoms. The van der Waals surface area contributed by atoms with E-state index in [0.717, 1.165) is 18.4 Å². The summed E-state index contributed by atoms with van der Waals surface area (Å²) in [6.45, 7) is 4.17. The zero-order chi connectivity index (χ0) is 23.1. The second kappa shape index (κ2) is 10.7. The van der Waals surface area contributed by atoms with Gasteiger partial charge in [0.1, 0.15) is 0 Å². The molecule has 172 valence electrons. The van der Waals surface area contributed by atoms with Crippen LogP contribution < -0.4 is 10.6 Å². The fraction of sp³-hybridized carbons (Fsp3) is 0.417. The van der Waals surface area contributed by atoms with Gasteiger partial charge < -0.3 is 10.6 Å². The molecule has 1 saturated heterocycles. The van der Waals surface area contributed by atoms with Crippen LogP contribution in [0.4, 0.5) is 5.69 Å². The zero-order valence-electron chi connectivity index (χ0n) is 18.6. The van der Waals surface area contributed by atoms with Crippen molar-refractivity contribution in [1.29, 1.82) is 0 Å². The van der Waals surface area contributed by atoms with E-state index in [-0.39, 0.29) is 28.7 Å². The molecule has 8 heteroatoms. The Morgan fingerprint density at radius 3 is 2.22 bits per heavy atom. The average Bonchev–Trinajstić information content (AvgIpc) is 2.78. The minimum Gasteiger partial charge on any atom is -0.353 e. The Morgan fingerprint density at radius 1 is 1.03 bits per heavy atom. The van der Waals surface area contributed by atoms with E-state index in [2.05, 4.69) is 17.6 Å². The maximum atomic E-state index is 13.0. The maximum absolute atomic E-state index is 13.0. The van der Waals surface area contributed by atoms with Crippen LogP contribution in [0.3, 0.4) is 0 Å². The number of benzene rings is 2. The number of anilines is 1. The molecule has 0 saturated carbocycles. The van der Waals surface area contributed by atoms with E-state index >= 15 is 0 Å². The largest absolute Gasteiger partial charge is 0.353 e. The Hall–Kier alpha value is -2.71. The number of carbonyl (C=O) groups excluding carboxylic acids is 2. The van der Waals surface area contributed by atoms with Crippen LogP contribution in [0.25, 0.3) is 0 Å². The molecule has 1 atom stereocenters. The highest BCUT2D eigenvalue weighted by atomic mass is 32.2. The van der Waals surface area contributed by atoms with Crippen molar-refractivity contribution >= 4 is 27.5 Å². The molecular formula is C24H31N3O4S. The van der Waals surface area contributed by atoms with Crippen LogP contribution in [-0.4, -0.2) is 43.7 Å². The molecule has 3 rings (SSSR count).